The van der Waals surface area contributed by atoms with E-state index in [0.717, 1.165) is 31.7 Å². The van der Waals surface area contributed by atoms with Crippen LogP contribution in [-0.4, -0.2) is 46.1 Å². The van der Waals surface area contributed by atoms with Crippen molar-refractivity contribution < 1.29 is 8.91 Å². The Bertz CT molecular complexity index is 652. The van der Waals surface area contributed by atoms with Crippen molar-refractivity contribution in [1.29, 1.82) is 0 Å². The van der Waals surface area contributed by atoms with E-state index >= 15 is 0 Å². The van der Waals surface area contributed by atoms with Gasteiger partial charge in [-0.3, -0.25) is 9.80 Å². The zero-order chi connectivity index (χ0) is 16.4. The number of rotatable bonds is 4. The number of hydrogen-bond donors (Lipinski definition) is 0. The van der Waals surface area contributed by atoms with Crippen LogP contribution in [0.4, 0.5) is 4.39 Å². The highest BCUT2D eigenvalue weighted by molar-refractivity contribution is 5.20. The van der Waals surface area contributed by atoms with Gasteiger partial charge >= 0.3 is 0 Å². The third-order valence-electron chi connectivity index (χ3n) is 4.70. The minimum atomic E-state index is -0.128. The monoisotopic (exact) mass is 318 g/mol. The summed E-state index contributed by atoms with van der Waals surface area (Å²) in [6, 6.07) is 7.22. The topological polar surface area (TPSA) is 45.4 Å². The Kier molecular flexibility index (Phi) is 4.73. The van der Waals surface area contributed by atoms with Gasteiger partial charge in [-0.1, -0.05) is 23.4 Å². The number of halogens is 1. The number of piperazine rings is 1. The molecule has 2 aromatic rings. The van der Waals surface area contributed by atoms with Crippen molar-refractivity contribution >= 4 is 0 Å². The summed E-state index contributed by atoms with van der Waals surface area (Å²) in [7, 11) is 0. The van der Waals surface area contributed by atoms with Crippen LogP contribution < -0.4 is 0 Å². The Morgan fingerprint density at radius 3 is 2.22 bits per heavy atom. The second-order valence-electron chi connectivity index (χ2n) is 6.13. The second-order valence-corrected chi connectivity index (χ2v) is 6.13. The number of nitrogens with zero attached hydrogens (tertiary/aromatic N) is 4. The smallest absolute Gasteiger partial charge is 0.243 e. The van der Waals surface area contributed by atoms with Crippen molar-refractivity contribution in [3.63, 3.8) is 0 Å². The van der Waals surface area contributed by atoms with E-state index in [4.69, 9.17) is 4.52 Å². The predicted molar refractivity (Wildman–Crippen MR) is 85.4 cm³/mol. The maximum atomic E-state index is 14.0. The normalized spacial score (nSPS) is 19.7. The van der Waals surface area contributed by atoms with E-state index in [1.54, 1.807) is 6.07 Å². The van der Waals surface area contributed by atoms with Gasteiger partial charge in [0.25, 0.3) is 0 Å². The van der Waals surface area contributed by atoms with Crippen LogP contribution >= 0.6 is 0 Å². The molecule has 1 saturated heterocycles. The summed E-state index contributed by atoms with van der Waals surface area (Å²) in [4.78, 5) is 8.97. The Morgan fingerprint density at radius 1 is 1.04 bits per heavy atom. The third-order valence-corrected chi connectivity index (χ3v) is 4.70. The lowest BCUT2D eigenvalue weighted by atomic mass is 10.1. The van der Waals surface area contributed by atoms with Gasteiger partial charge in [0.1, 0.15) is 5.82 Å². The average molecular weight is 318 g/mol. The van der Waals surface area contributed by atoms with Gasteiger partial charge in [0.15, 0.2) is 5.82 Å². The number of aromatic nitrogens is 2. The molecule has 1 aromatic carbocycles. The minimum Gasteiger partial charge on any atom is -0.338 e. The SMILES string of the molecule is Cc1noc(C(C)N2CCN(C(C)c3ccccc3F)CC2)n1. The Morgan fingerprint density at radius 2 is 1.65 bits per heavy atom. The molecule has 5 nitrogen and oxygen atoms in total. The van der Waals surface area contributed by atoms with E-state index in [-0.39, 0.29) is 17.9 Å². The minimum absolute atomic E-state index is 0.0827. The molecule has 0 bridgehead atoms. The molecule has 2 atom stereocenters. The van der Waals surface area contributed by atoms with Crippen LogP contribution in [0.15, 0.2) is 28.8 Å². The molecule has 124 valence electrons. The third kappa shape index (κ3) is 3.43. The summed E-state index contributed by atoms with van der Waals surface area (Å²) in [6.45, 7) is 9.58. The fourth-order valence-corrected chi connectivity index (χ4v) is 3.16. The van der Waals surface area contributed by atoms with E-state index in [1.807, 2.05) is 19.1 Å². The van der Waals surface area contributed by atoms with Crippen molar-refractivity contribution in [2.24, 2.45) is 0 Å². The summed E-state index contributed by atoms with van der Waals surface area (Å²) in [6.07, 6.45) is 0. The van der Waals surface area contributed by atoms with Gasteiger partial charge in [0.2, 0.25) is 5.89 Å². The van der Waals surface area contributed by atoms with Gasteiger partial charge in [0.05, 0.1) is 6.04 Å². The Balaban J connectivity index is 1.61. The highest BCUT2D eigenvalue weighted by atomic mass is 19.1. The zero-order valence-corrected chi connectivity index (χ0v) is 13.9. The van der Waals surface area contributed by atoms with Gasteiger partial charge in [-0.15, -0.1) is 0 Å². The fourth-order valence-electron chi connectivity index (χ4n) is 3.16. The Hall–Kier alpha value is -1.79. The van der Waals surface area contributed by atoms with Crippen molar-refractivity contribution in [2.45, 2.75) is 32.9 Å². The van der Waals surface area contributed by atoms with Crippen LogP contribution in [0.2, 0.25) is 0 Å². The molecule has 0 radical (unpaired) electrons. The first-order chi connectivity index (χ1) is 11.1. The van der Waals surface area contributed by atoms with E-state index in [2.05, 4.69) is 33.8 Å². The van der Waals surface area contributed by atoms with Gasteiger partial charge in [-0.05, 0) is 26.8 Å². The summed E-state index contributed by atoms with van der Waals surface area (Å²) in [5.74, 6) is 1.20. The molecule has 23 heavy (non-hydrogen) atoms. The van der Waals surface area contributed by atoms with Crippen molar-refractivity contribution in [3.8, 4) is 0 Å². The number of benzene rings is 1. The van der Waals surface area contributed by atoms with Gasteiger partial charge < -0.3 is 4.52 Å². The second kappa shape index (κ2) is 6.76. The van der Waals surface area contributed by atoms with Crippen LogP contribution in [0.5, 0.6) is 0 Å². The molecular weight excluding hydrogens is 295 g/mol. The molecule has 2 heterocycles. The lowest BCUT2D eigenvalue weighted by molar-refractivity contribution is 0.0669. The molecule has 3 rings (SSSR count). The molecule has 6 heteroatoms. The largest absolute Gasteiger partial charge is 0.338 e. The van der Waals surface area contributed by atoms with Gasteiger partial charge in [0, 0.05) is 37.8 Å². The molecule has 0 N–H and O–H groups in total. The maximum Gasteiger partial charge on any atom is 0.243 e. The highest BCUT2D eigenvalue weighted by Crippen LogP contribution is 2.26. The molecule has 1 fully saturated rings. The molecule has 1 aliphatic rings. The van der Waals surface area contributed by atoms with E-state index in [9.17, 15) is 4.39 Å². The summed E-state index contributed by atoms with van der Waals surface area (Å²) in [5, 5.41) is 3.86. The van der Waals surface area contributed by atoms with Crippen LogP contribution in [0.25, 0.3) is 0 Å². The maximum absolute atomic E-state index is 14.0. The molecule has 1 aromatic heterocycles. The quantitative estimate of drug-likeness (QED) is 0.867. The highest BCUT2D eigenvalue weighted by Gasteiger charge is 2.28. The van der Waals surface area contributed by atoms with Crippen LogP contribution in [0, 0.1) is 12.7 Å². The van der Waals surface area contributed by atoms with E-state index in [0.29, 0.717) is 11.7 Å². The predicted octanol–water partition coefficient (Wildman–Crippen LogP) is 2.96. The van der Waals surface area contributed by atoms with Crippen LogP contribution in [0.1, 0.15) is 43.2 Å². The Labute approximate surface area is 136 Å². The molecule has 0 saturated carbocycles. The lowest BCUT2D eigenvalue weighted by Crippen LogP contribution is -2.47. The zero-order valence-electron chi connectivity index (χ0n) is 13.9. The lowest BCUT2D eigenvalue weighted by Gasteiger charge is -2.39. The number of hydrogen-bond acceptors (Lipinski definition) is 5. The van der Waals surface area contributed by atoms with Crippen molar-refractivity contribution in [1.82, 2.24) is 19.9 Å². The average Bonchev–Trinajstić information content (AvgIpc) is 3.01. The molecule has 0 aliphatic carbocycles. The van der Waals surface area contributed by atoms with Crippen molar-refractivity contribution in [3.05, 3.63) is 47.4 Å². The molecule has 0 spiro atoms. The van der Waals surface area contributed by atoms with Crippen LogP contribution in [-0.2, 0) is 0 Å². The number of aryl methyl sites for hydroxylation is 1. The van der Waals surface area contributed by atoms with E-state index in [1.165, 1.54) is 6.07 Å². The standard InChI is InChI=1S/C17H23FN4O/c1-12(15-6-4-5-7-16(15)18)21-8-10-22(11-9-21)13(2)17-19-14(3)20-23-17/h4-7,12-13H,8-11H2,1-3H3. The summed E-state index contributed by atoms with van der Waals surface area (Å²) < 4.78 is 19.2. The summed E-state index contributed by atoms with van der Waals surface area (Å²) >= 11 is 0. The van der Waals surface area contributed by atoms with Gasteiger partial charge in [-0.25, -0.2) is 4.39 Å². The fraction of sp³-hybridized carbons (Fsp3) is 0.529. The summed E-state index contributed by atoms with van der Waals surface area (Å²) in [5.41, 5.74) is 0.765. The van der Waals surface area contributed by atoms with Crippen LogP contribution in [0.3, 0.4) is 0 Å². The van der Waals surface area contributed by atoms with Crippen molar-refractivity contribution in [2.75, 3.05) is 26.2 Å². The first-order valence-electron chi connectivity index (χ1n) is 8.09. The molecule has 0 amide bonds. The first kappa shape index (κ1) is 16.1. The molecular formula is C17H23FN4O. The first-order valence-corrected chi connectivity index (χ1v) is 8.09. The molecule has 1 aliphatic heterocycles. The molecule has 2 unspecified atom stereocenters. The van der Waals surface area contributed by atoms with Gasteiger partial charge in [-0.2, -0.15) is 4.98 Å². The van der Waals surface area contributed by atoms with E-state index < -0.39 is 0 Å².